The van der Waals surface area contributed by atoms with E-state index in [1.165, 1.54) is 10.5 Å². The monoisotopic (exact) mass is 321 g/mol. The van der Waals surface area contributed by atoms with E-state index < -0.39 is 5.97 Å². The van der Waals surface area contributed by atoms with Crippen molar-refractivity contribution in [2.45, 2.75) is 6.42 Å². The number of imidazole rings is 1. The Morgan fingerprint density at radius 2 is 2.04 bits per heavy atom. The topological polar surface area (TPSA) is 123 Å². The number of aliphatic carboxylic acids is 1. The molecule has 3 aromatic rings. The van der Waals surface area contributed by atoms with Gasteiger partial charge in [-0.15, -0.1) is 10.2 Å². The van der Waals surface area contributed by atoms with Crippen LogP contribution >= 0.6 is 0 Å². The first-order valence-electron chi connectivity index (χ1n) is 6.91. The smallest absolute Gasteiger partial charge is 0.309 e. The van der Waals surface area contributed by atoms with Crippen molar-refractivity contribution in [1.29, 1.82) is 5.26 Å². The van der Waals surface area contributed by atoms with Crippen LogP contribution in [-0.4, -0.2) is 25.6 Å². The molecule has 0 atom stereocenters. The van der Waals surface area contributed by atoms with Gasteiger partial charge in [0.15, 0.2) is 17.2 Å². The summed E-state index contributed by atoms with van der Waals surface area (Å²) in [4.78, 5) is 15.2. The van der Waals surface area contributed by atoms with Crippen molar-refractivity contribution in [3.63, 3.8) is 0 Å². The van der Waals surface area contributed by atoms with Crippen molar-refractivity contribution >= 4 is 23.1 Å². The number of nitrogens with zero attached hydrogens (tertiary/aromatic N) is 5. The van der Waals surface area contributed by atoms with E-state index in [1.807, 2.05) is 6.07 Å². The molecular formula is C16H11N5O3. The molecule has 118 valence electrons. The van der Waals surface area contributed by atoms with Crippen molar-refractivity contribution in [1.82, 2.24) is 9.38 Å². The van der Waals surface area contributed by atoms with Gasteiger partial charge < -0.3 is 10.2 Å². The highest BCUT2D eigenvalue weighted by molar-refractivity contribution is 5.73. The average molecular weight is 321 g/mol. The molecule has 3 rings (SSSR count). The molecule has 0 bridgehead atoms. The normalized spacial score (nSPS) is 11.0. The van der Waals surface area contributed by atoms with E-state index in [0.717, 1.165) is 0 Å². The molecule has 0 saturated carbocycles. The van der Waals surface area contributed by atoms with Gasteiger partial charge in [-0.1, -0.05) is 12.1 Å². The number of benzene rings is 1. The van der Waals surface area contributed by atoms with Crippen LogP contribution in [0.5, 0.6) is 5.75 Å². The average Bonchev–Trinajstić information content (AvgIpc) is 2.91. The van der Waals surface area contributed by atoms with Crippen LogP contribution in [0, 0.1) is 11.3 Å². The van der Waals surface area contributed by atoms with Crippen molar-refractivity contribution < 1.29 is 15.0 Å². The predicted molar refractivity (Wildman–Crippen MR) is 83.5 cm³/mol. The summed E-state index contributed by atoms with van der Waals surface area (Å²) in [6.07, 6.45) is 1.23. The zero-order chi connectivity index (χ0) is 17.1. The Morgan fingerprint density at radius 3 is 2.79 bits per heavy atom. The fraction of sp³-hybridized carbons (Fsp3) is 0.0625. The number of aromatic nitrogens is 2. The summed E-state index contributed by atoms with van der Waals surface area (Å²) in [5.41, 5.74) is 1.06. The molecule has 2 N–H and O–H groups in total. The number of pyridine rings is 1. The van der Waals surface area contributed by atoms with Crippen LogP contribution in [0.2, 0.25) is 0 Å². The number of carbonyl (C=O) groups is 1. The van der Waals surface area contributed by atoms with Gasteiger partial charge in [0.1, 0.15) is 11.8 Å². The lowest BCUT2D eigenvalue weighted by Crippen LogP contribution is -2.00. The molecular weight excluding hydrogens is 310 g/mol. The molecule has 0 aliphatic rings. The zero-order valence-corrected chi connectivity index (χ0v) is 12.3. The Bertz CT molecular complexity index is 1000. The number of hydrogen-bond acceptors (Lipinski definition) is 6. The Morgan fingerprint density at radius 1 is 1.25 bits per heavy atom. The number of rotatable bonds is 4. The van der Waals surface area contributed by atoms with Crippen LogP contribution in [0.15, 0.2) is 52.8 Å². The van der Waals surface area contributed by atoms with Crippen molar-refractivity contribution in [3.8, 4) is 11.8 Å². The van der Waals surface area contributed by atoms with Crippen molar-refractivity contribution in [2.75, 3.05) is 0 Å². The highest BCUT2D eigenvalue weighted by Gasteiger charge is 2.17. The van der Waals surface area contributed by atoms with Gasteiger partial charge in [-0.25, -0.2) is 4.98 Å². The Labute approximate surface area is 136 Å². The Hall–Kier alpha value is -3.73. The van der Waals surface area contributed by atoms with Crippen molar-refractivity contribution in [3.05, 3.63) is 53.9 Å². The quantitative estimate of drug-likeness (QED) is 0.715. The van der Waals surface area contributed by atoms with Crippen LogP contribution in [0.3, 0.4) is 0 Å². The second-order valence-electron chi connectivity index (χ2n) is 4.87. The van der Waals surface area contributed by atoms with E-state index in [9.17, 15) is 9.90 Å². The number of nitriles is 1. The van der Waals surface area contributed by atoms with E-state index in [2.05, 4.69) is 15.2 Å². The molecule has 0 aliphatic carbocycles. The molecule has 8 heteroatoms. The third kappa shape index (κ3) is 2.78. The molecule has 1 aromatic carbocycles. The van der Waals surface area contributed by atoms with Gasteiger partial charge in [0, 0.05) is 6.20 Å². The first kappa shape index (κ1) is 15.2. The largest absolute Gasteiger partial charge is 0.504 e. The highest BCUT2D eigenvalue weighted by Crippen LogP contribution is 2.29. The van der Waals surface area contributed by atoms with Gasteiger partial charge in [0.25, 0.3) is 0 Å². The third-order valence-corrected chi connectivity index (χ3v) is 3.27. The van der Waals surface area contributed by atoms with Gasteiger partial charge in [0.2, 0.25) is 0 Å². The summed E-state index contributed by atoms with van der Waals surface area (Å²) in [6, 6.07) is 11.7. The van der Waals surface area contributed by atoms with Crippen LogP contribution in [0.4, 0.5) is 11.5 Å². The van der Waals surface area contributed by atoms with Crippen LogP contribution in [0.1, 0.15) is 11.3 Å². The summed E-state index contributed by atoms with van der Waals surface area (Å²) in [6.45, 7) is 0. The van der Waals surface area contributed by atoms with Gasteiger partial charge >= 0.3 is 5.97 Å². The number of carboxylic acid groups (broad SMARTS) is 1. The van der Waals surface area contributed by atoms with E-state index >= 15 is 0 Å². The van der Waals surface area contributed by atoms with Crippen LogP contribution in [-0.2, 0) is 11.2 Å². The van der Waals surface area contributed by atoms with Crippen molar-refractivity contribution in [2.24, 2.45) is 10.2 Å². The summed E-state index contributed by atoms with van der Waals surface area (Å²) in [7, 11) is 0. The molecule has 0 aliphatic heterocycles. The molecule has 24 heavy (non-hydrogen) atoms. The molecule has 0 saturated heterocycles. The van der Waals surface area contributed by atoms with E-state index in [4.69, 9.17) is 10.4 Å². The van der Waals surface area contributed by atoms with Gasteiger partial charge in [-0.3, -0.25) is 9.20 Å². The van der Waals surface area contributed by atoms with E-state index in [0.29, 0.717) is 11.3 Å². The summed E-state index contributed by atoms with van der Waals surface area (Å²) >= 11 is 0. The second-order valence-corrected chi connectivity index (χ2v) is 4.87. The summed E-state index contributed by atoms with van der Waals surface area (Å²) < 4.78 is 1.45. The molecule has 0 amide bonds. The third-order valence-electron chi connectivity index (χ3n) is 3.27. The summed E-state index contributed by atoms with van der Waals surface area (Å²) in [5, 5.41) is 36.1. The number of carboxylic acids is 1. The fourth-order valence-corrected chi connectivity index (χ4v) is 2.21. The lowest BCUT2D eigenvalue weighted by molar-refractivity contribution is -0.136. The zero-order valence-electron chi connectivity index (χ0n) is 12.3. The summed E-state index contributed by atoms with van der Waals surface area (Å²) in [5.74, 6) is -0.981. The van der Waals surface area contributed by atoms with Crippen LogP contribution < -0.4 is 0 Å². The minimum Gasteiger partial charge on any atom is -0.504 e. The predicted octanol–water partition coefficient (Wildman–Crippen LogP) is 2.95. The highest BCUT2D eigenvalue weighted by atomic mass is 16.4. The number of hydrogen-bond donors (Lipinski definition) is 2. The van der Waals surface area contributed by atoms with E-state index in [1.54, 1.807) is 36.5 Å². The molecule has 0 spiro atoms. The molecule has 0 radical (unpaired) electrons. The molecule has 0 fully saturated rings. The minimum absolute atomic E-state index is 0.0944. The van der Waals surface area contributed by atoms with Gasteiger partial charge in [0.05, 0.1) is 17.7 Å². The lowest BCUT2D eigenvalue weighted by atomic mass is 10.2. The number of fused-ring (bicyclic) bond motifs is 1. The lowest BCUT2D eigenvalue weighted by Gasteiger charge is -1.99. The standard InChI is InChI=1S/C16H11N5O3/c17-9-10-4-1-2-5-11(10)19-20-15-12(8-14(23)24)18-16-13(22)6-3-7-21(15)16/h1-7,22H,8H2,(H,23,24). The van der Waals surface area contributed by atoms with E-state index in [-0.39, 0.29) is 29.3 Å². The number of aromatic hydroxyl groups is 1. The molecule has 2 heterocycles. The van der Waals surface area contributed by atoms with Gasteiger partial charge in [-0.05, 0) is 24.3 Å². The molecule has 8 nitrogen and oxygen atoms in total. The van der Waals surface area contributed by atoms with Gasteiger partial charge in [-0.2, -0.15) is 5.26 Å². The second kappa shape index (κ2) is 6.18. The first-order valence-corrected chi connectivity index (χ1v) is 6.91. The molecule has 2 aromatic heterocycles. The Balaban J connectivity index is 2.14. The maximum absolute atomic E-state index is 11.0. The minimum atomic E-state index is -1.08. The van der Waals surface area contributed by atoms with Crippen LogP contribution in [0.25, 0.3) is 5.65 Å². The maximum Gasteiger partial charge on any atom is 0.309 e. The maximum atomic E-state index is 11.0. The first-order chi connectivity index (χ1) is 11.6. The Kier molecular flexibility index (Phi) is 3.91. The SMILES string of the molecule is N#Cc1ccccc1N=Nc1c(CC(=O)O)nc2c(O)cccn12. The fourth-order valence-electron chi connectivity index (χ4n) is 2.21. The molecule has 0 unspecified atom stereocenters. The number of azo groups is 1.